The van der Waals surface area contributed by atoms with E-state index in [1.807, 2.05) is 11.9 Å². The summed E-state index contributed by atoms with van der Waals surface area (Å²) in [5.41, 5.74) is 0.566. The Morgan fingerprint density at radius 2 is 2.27 bits per heavy atom. The quantitative estimate of drug-likeness (QED) is 0.731. The molecule has 2 rings (SSSR count). The molecule has 5 heteroatoms. The molecule has 82 valence electrons. The number of carbonyl (C=O) groups excluding carboxylic acids is 1. The fourth-order valence-corrected chi connectivity index (χ4v) is 1.92. The number of amides is 1. The van der Waals surface area contributed by atoms with Crippen LogP contribution in [0, 0.1) is 0 Å². The van der Waals surface area contributed by atoms with E-state index in [1.165, 1.54) is 6.33 Å². The van der Waals surface area contributed by atoms with Crippen molar-refractivity contribution in [2.24, 2.45) is 0 Å². The predicted molar refractivity (Wildman–Crippen MR) is 56.6 cm³/mol. The maximum Gasteiger partial charge on any atom is 0.271 e. The summed E-state index contributed by atoms with van der Waals surface area (Å²) in [5, 5.41) is 3.29. The van der Waals surface area contributed by atoms with E-state index in [2.05, 4.69) is 15.3 Å². The van der Waals surface area contributed by atoms with Gasteiger partial charge in [0.1, 0.15) is 5.69 Å². The van der Waals surface area contributed by atoms with Crippen LogP contribution in [0.25, 0.3) is 0 Å². The lowest BCUT2D eigenvalue weighted by Gasteiger charge is -2.31. The molecule has 0 saturated carbocycles. The van der Waals surface area contributed by atoms with Gasteiger partial charge in [-0.3, -0.25) is 4.79 Å². The molecular formula is C10H16N4O. The van der Waals surface area contributed by atoms with Crippen molar-refractivity contribution in [3.05, 3.63) is 18.2 Å². The van der Waals surface area contributed by atoms with Crippen LogP contribution >= 0.6 is 0 Å². The summed E-state index contributed by atoms with van der Waals surface area (Å²) in [6, 6.07) is 0.349. The molecule has 1 aromatic heterocycles. The lowest BCUT2D eigenvalue weighted by Crippen LogP contribution is -2.44. The van der Waals surface area contributed by atoms with Crippen molar-refractivity contribution < 1.29 is 4.79 Å². The number of nitrogens with zero attached hydrogens (tertiary/aromatic N) is 2. The number of hydrogen-bond acceptors (Lipinski definition) is 3. The van der Waals surface area contributed by atoms with Crippen molar-refractivity contribution in [2.45, 2.75) is 18.9 Å². The number of nitrogens with one attached hydrogen (secondary N) is 2. The van der Waals surface area contributed by atoms with Crippen molar-refractivity contribution in [2.75, 3.05) is 20.1 Å². The molecular weight excluding hydrogens is 192 g/mol. The Morgan fingerprint density at radius 3 is 2.87 bits per heavy atom. The number of imidazole rings is 1. The first-order valence-electron chi connectivity index (χ1n) is 5.25. The molecule has 0 bridgehead atoms. The van der Waals surface area contributed by atoms with Gasteiger partial charge in [-0.1, -0.05) is 0 Å². The minimum atomic E-state index is 0.0272. The highest BCUT2D eigenvalue weighted by atomic mass is 16.2. The summed E-state index contributed by atoms with van der Waals surface area (Å²) < 4.78 is 0. The van der Waals surface area contributed by atoms with Crippen LogP contribution < -0.4 is 5.32 Å². The van der Waals surface area contributed by atoms with Gasteiger partial charge in [-0.2, -0.15) is 0 Å². The average Bonchev–Trinajstić information content (AvgIpc) is 2.82. The minimum Gasteiger partial charge on any atom is -0.341 e. The third kappa shape index (κ3) is 2.18. The van der Waals surface area contributed by atoms with Crippen LogP contribution in [0.4, 0.5) is 0 Å². The topological polar surface area (TPSA) is 61.0 Å². The molecule has 0 spiro atoms. The highest BCUT2D eigenvalue weighted by molar-refractivity contribution is 5.92. The summed E-state index contributed by atoms with van der Waals surface area (Å²) in [6.07, 6.45) is 5.15. The summed E-state index contributed by atoms with van der Waals surface area (Å²) >= 11 is 0. The second-order valence-electron chi connectivity index (χ2n) is 3.86. The number of hydrogen-bond donors (Lipinski definition) is 2. The van der Waals surface area contributed by atoms with Gasteiger partial charge in [-0.15, -0.1) is 0 Å². The van der Waals surface area contributed by atoms with E-state index in [4.69, 9.17) is 0 Å². The number of aromatic nitrogens is 2. The minimum absolute atomic E-state index is 0.0272. The van der Waals surface area contributed by atoms with Gasteiger partial charge in [0.25, 0.3) is 5.91 Å². The van der Waals surface area contributed by atoms with E-state index < -0.39 is 0 Å². The summed E-state index contributed by atoms with van der Waals surface area (Å²) in [6.45, 7) is 1.98. The van der Waals surface area contributed by atoms with Crippen LogP contribution in [0.2, 0.25) is 0 Å². The zero-order chi connectivity index (χ0) is 10.7. The van der Waals surface area contributed by atoms with Crippen molar-refractivity contribution in [1.29, 1.82) is 0 Å². The van der Waals surface area contributed by atoms with Gasteiger partial charge in [0.15, 0.2) is 0 Å². The maximum atomic E-state index is 11.9. The lowest BCUT2D eigenvalue weighted by molar-refractivity contribution is 0.0698. The third-order valence-electron chi connectivity index (χ3n) is 2.91. The molecule has 0 aromatic carbocycles. The number of piperidine rings is 1. The Balaban J connectivity index is 2.00. The first-order valence-corrected chi connectivity index (χ1v) is 5.25. The fraction of sp³-hybridized carbons (Fsp3) is 0.600. The molecule has 1 saturated heterocycles. The van der Waals surface area contributed by atoms with Gasteiger partial charge >= 0.3 is 0 Å². The van der Waals surface area contributed by atoms with Crippen LogP contribution in [0.5, 0.6) is 0 Å². The van der Waals surface area contributed by atoms with Gasteiger partial charge in [0.2, 0.25) is 0 Å². The number of rotatable bonds is 2. The van der Waals surface area contributed by atoms with E-state index in [0.717, 1.165) is 25.9 Å². The van der Waals surface area contributed by atoms with Crippen LogP contribution in [-0.2, 0) is 0 Å². The second kappa shape index (κ2) is 4.44. The van der Waals surface area contributed by atoms with Gasteiger partial charge in [-0.05, 0) is 25.9 Å². The molecule has 1 aromatic rings. The molecule has 1 aliphatic rings. The molecule has 1 aliphatic heterocycles. The van der Waals surface area contributed by atoms with Crippen molar-refractivity contribution in [3.8, 4) is 0 Å². The monoisotopic (exact) mass is 208 g/mol. The van der Waals surface area contributed by atoms with Gasteiger partial charge < -0.3 is 15.2 Å². The smallest absolute Gasteiger partial charge is 0.271 e. The lowest BCUT2D eigenvalue weighted by atomic mass is 10.1. The van der Waals surface area contributed by atoms with Crippen molar-refractivity contribution in [1.82, 2.24) is 20.2 Å². The van der Waals surface area contributed by atoms with Crippen LogP contribution in [0.1, 0.15) is 23.3 Å². The predicted octanol–water partition coefficient (Wildman–Crippen LogP) is 0.234. The Morgan fingerprint density at radius 1 is 1.53 bits per heavy atom. The maximum absolute atomic E-state index is 11.9. The Kier molecular flexibility index (Phi) is 3.01. The molecule has 1 amide bonds. The molecule has 2 heterocycles. The van der Waals surface area contributed by atoms with E-state index in [-0.39, 0.29) is 5.91 Å². The van der Waals surface area contributed by atoms with E-state index in [0.29, 0.717) is 11.7 Å². The van der Waals surface area contributed by atoms with E-state index in [1.54, 1.807) is 6.20 Å². The van der Waals surface area contributed by atoms with E-state index in [9.17, 15) is 4.79 Å². The summed E-state index contributed by atoms with van der Waals surface area (Å²) in [5.74, 6) is 0.0272. The number of carbonyl (C=O) groups is 1. The molecule has 1 fully saturated rings. The first kappa shape index (κ1) is 10.2. The van der Waals surface area contributed by atoms with Crippen molar-refractivity contribution in [3.63, 3.8) is 0 Å². The average molecular weight is 208 g/mol. The number of H-pyrrole nitrogens is 1. The van der Waals surface area contributed by atoms with E-state index >= 15 is 0 Å². The largest absolute Gasteiger partial charge is 0.341 e. The van der Waals surface area contributed by atoms with Crippen LogP contribution in [0.3, 0.4) is 0 Å². The fourth-order valence-electron chi connectivity index (χ4n) is 1.92. The molecule has 0 atom stereocenters. The summed E-state index contributed by atoms with van der Waals surface area (Å²) in [7, 11) is 1.86. The molecule has 0 aliphatic carbocycles. The highest BCUT2D eigenvalue weighted by Crippen LogP contribution is 2.12. The normalized spacial score (nSPS) is 17.7. The molecule has 0 unspecified atom stereocenters. The zero-order valence-electron chi connectivity index (χ0n) is 8.86. The second-order valence-corrected chi connectivity index (χ2v) is 3.86. The van der Waals surface area contributed by atoms with Gasteiger partial charge in [0.05, 0.1) is 12.5 Å². The number of aromatic amines is 1. The Bertz CT molecular complexity index is 316. The SMILES string of the molecule is CN(C(=O)c1cnc[nH]1)C1CCNCC1. The van der Waals surface area contributed by atoms with Crippen molar-refractivity contribution >= 4 is 5.91 Å². The standard InChI is InChI=1S/C10H16N4O/c1-14(8-2-4-11-5-3-8)10(15)9-6-12-7-13-9/h6-8,11H,2-5H2,1H3,(H,12,13). The molecule has 2 N–H and O–H groups in total. The summed E-state index contributed by atoms with van der Waals surface area (Å²) in [4.78, 5) is 20.4. The van der Waals surface area contributed by atoms with Gasteiger partial charge in [-0.25, -0.2) is 4.98 Å². The molecule has 5 nitrogen and oxygen atoms in total. The van der Waals surface area contributed by atoms with Gasteiger partial charge in [0, 0.05) is 13.1 Å². The Hall–Kier alpha value is -1.36. The van der Waals surface area contributed by atoms with Crippen LogP contribution in [0.15, 0.2) is 12.5 Å². The zero-order valence-corrected chi connectivity index (χ0v) is 8.86. The first-order chi connectivity index (χ1) is 7.29. The highest BCUT2D eigenvalue weighted by Gasteiger charge is 2.23. The molecule has 0 radical (unpaired) electrons. The Labute approximate surface area is 88.9 Å². The third-order valence-corrected chi connectivity index (χ3v) is 2.91. The molecule has 15 heavy (non-hydrogen) atoms. The van der Waals surface area contributed by atoms with Crippen LogP contribution in [-0.4, -0.2) is 47.0 Å².